The molecule has 0 aliphatic carbocycles. The molecule has 0 spiro atoms. The van der Waals surface area contributed by atoms with Crippen molar-refractivity contribution in [1.29, 1.82) is 0 Å². The van der Waals surface area contributed by atoms with Crippen molar-refractivity contribution in [3.63, 3.8) is 0 Å². The van der Waals surface area contributed by atoms with E-state index in [1.807, 2.05) is 63.2 Å². The number of amides is 1. The van der Waals surface area contributed by atoms with Crippen LogP contribution in [0.25, 0.3) is 0 Å². The summed E-state index contributed by atoms with van der Waals surface area (Å²) in [6, 6.07) is 15.5. The molecule has 2 aromatic carbocycles. The number of hydrogen-bond donors (Lipinski definition) is 1. The molecule has 0 radical (unpaired) electrons. The average Bonchev–Trinajstić information content (AvgIpc) is 3.23. The van der Waals surface area contributed by atoms with Gasteiger partial charge in [-0.25, -0.2) is 4.98 Å². The van der Waals surface area contributed by atoms with Crippen LogP contribution in [-0.4, -0.2) is 27.9 Å². The Kier molecular flexibility index (Phi) is 5.84. The van der Waals surface area contributed by atoms with Gasteiger partial charge in [-0.05, 0) is 57.5 Å². The van der Waals surface area contributed by atoms with E-state index in [-0.39, 0.29) is 11.7 Å². The molecule has 1 unspecified atom stereocenters. The van der Waals surface area contributed by atoms with Crippen molar-refractivity contribution in [3.8, 4) is 5.75 Å². The number of Topliss-reactive ketones (excluding diaryl/α,β-unsaturated/α-hetero) is 1. The predicted molar refractivity (Wildman–Crippen MR) is 124 cm³/mol. The van der Waals surface area contributed by atoms with Gasteiger partial charge in [-0.2, -0.15) is 0 Å². The molecule has 1 amide bonds. The summed E-state index contributed by atoms with van der Waals surface area (Å²) >= 11 is 1.26. The van der Waals surface area contributed by atoms with Gasteiger partial charge in [0.15, 0.2) is 5.76 Å². The summed E-state index contributed by atoms with van der Waals surface area (Å²) in [5.41, 5.74) is 1.89. The van der Waals surface area contributed by atoms with Crippen molar-refractivity contribution < 1.29 is 19.4 Å². The molecule has 1 aromatic heterocycles. The third-order valence-electron chi connectivity index (χ3n) is 5.14. The molecule has 0 bridgehead atoms. The summed E-state index contributed by atoms with van der Waals surface area (Å²) in [6.45, 7) is 7.43. The zero-order chi connectivity index (χ0) is 23.0. The SMILES string of the molecule is Cc1nc(C)c(C(=O)C2=C(O)C(=O)N(c3ccccc3)C2c2cccc(OC(C)C)c2)s1. The van der Waals surface area contributed by atoms with Crippen LogP contribution in [0, 0.1) is 13.8 Å². The Labute approximate surface area is 190 Å². The van der Waals surface area contributed by atoms with E-state index in [0.29, 0.717) is 27.6 Å². The van der Waals surface area contributed by atoms with Crippen molar-refractivity contribution in [3.05, 3.63) is 87.1 Å². The van der Waals surface area contributed by atoms with Gasteiger partial charge < -0.3 is 9.84 Å². The van der Waals surface area contributed by atoms with Crippen LogP contribution >= 0.6 is 11.3 Å². The Hall–Kier alpha value is -3.45. The highest BCUT2D eigenvalue weighted by atomic mass is 32.1. The van der Waals surface area contributed by atoms with E-state index in [9.17, 15) is 14.7 Å². The maximum Gasteiger partial charge on any atom is 0.294 e. The van der Waals surface area contributed by atoms with Crippen molar-refractivity contribution in [2.24, 2.45) is 0 Å². The third kappa shape index (κ3) is 3.91. The average molecular weight is 449 g/mol. The summed E-state index contributed by atoms with van der Waals surface area (Å²) in [5, 5.41) is 11.6. The van der Waals surface area contributed by atoms with Crippen LogP contribution in [-0.2, 0) is 4.79 Å². The molecule has 0 saturated heterocycles. The summed E-state index contributed by atoms with van der Waals surface area (Å²) in [4.78, 5) is 33.0. The summed E-state index contributed by atoms with van der Waals surface area (Å²) in [5.74, 6) is -0.915. The lowest BCUT2D eigenvalue weighted by Gasteiger charge is -2.27. The van der Waals surface area contributed by atoms with Gasteiger partial charge in [0.05, 0.1) is 33.3 Å². The topological polar surface area (TPSA) is 79.7 Å². The number of benzene rings is 2. The van der Waals surface area contributed by atoms with Crippen LogP contribution in [0.4, 0.5) is 5.69 Å². The third-order valence-corrected chi connectivity index (χ3v) is 6.21. The van der Waals surface area contributed by atoms with Crippen LogP contribution < -0.4 is 9.64 Å². The predicted octanol–water partition coefficient (Wildman–Crippen LogP) is 5.33. The molecular formula is C25H24N2O4S. The molecule has 32 heavy (non-hydrogen) atoms. The number of nitrogens with zero attached hydrogens (tertiary/aromatic N) is 2. The first-order chi connectivity index (χ1) is 15.3. The number of aliphatic hydroxyl groups excluding tert-OH is 1. The molecule has 1 atom stereocenters. The van der Waals surface area contributed by atoms with Gasteiger partial charge in [0.1, 0.15) is 5.75 Å². The molecule has 7 heteroatoms. The van der Waals surface area contributed by atoms with Crippen LogP contribution in [0.5, 0.6) is 5.75 Å². The maximum absolute atomic E-state index is 13.6. The van der Waals surface area contributed by atoms with Gasteiger partial charge in [0, 0.05) is 5.69 Å². The van der Waals surface area contributed by atoms with E-state index < -0.39 is 23.5 Å². The van der Waals surface area contributed by atoms with Crippen molar-refractivity contribution >= 4 is 28.7 Å². The number of anilines is 1. The Balaban J connectivity index is 1.88. The number of aromatic nitrogens is 1. The van der Waals surface area contributed by atoms with E-state index in [0.717, 1.165) is 5.01 Å². The molecule has 0 fully saturated rings. The molecule has 4 rings (SSSR count). The first-order valence-corrected chi connectivity index (χ1v) is 11.2. The van der Waals surface area contributed by atoms with Crippen LogP contribution in [0.15, 0.2) is 65.9 Å². The minimum absolute atomic E-state index is 0.0337. The van der Waals surface area contributed by atoms with E-state index in [2.05, 4.69) is 4.98 Å². The molecule has 1 N–H and O–H groups in total. The molecule has 3 aromatic rings. The number of aryl methyl sites for hydroxylation is 2. The van der Waals surface area contributed by atoms with E-state index in [4.69, 9.17) is 4.74 Å². The monoisotopic (exact) mass is 448 g/mol. The number of ketones is 1. The molecule has 2 heterocycles. The lowest BCUT2D eigenvalue weighted by atomic mass is 9.94. The summed E-state index contributed by atoms with van der Waals surface area (Å²) in [6.07, 6.45) is -0.0337. The summed E-state index contributed by atoms with van der Waals surface area (Å²) < 4.78 is 5.84. The minimum atomic E-state index is -0.796. The summed E-state index contributed by atoms with van der Waals surface area (Å²) in [7, 11) is 0. The van der Waals surface area contributed by atoms with Gasteiger partial charge in [-0.1, -0.05) is 30.3 Å². The van der Waals surface area contributed by atoms with Crippen LogP contribution in [0.3, 0.4) is 0 Å². The Bertz CT molecular complexity index is 1210. The van der Waals surface area contributed by atoms with Crippen molar-refractivity contribution in [1.82, 2.24) is 4.98 Å². The zero-order valence-corrected chi connectivity index (χ0v) is 19.1. The first-order valence-electron chi connectivity index (χ1n) is 10.3. The zero-order valence-electron chi connectivity index (χ0n) is 18.3. The number of rotatable bonds is 6. The van der Waals surface area contributed by atoms with Crippen molar-refractivity contribution in [2.45, 2.75) is 39.8 Å². The molecule has 6 nitrogen and oxygen atoms in total. The number of aliphatic hydroxyl groups is 1. The van der Waals surface area contributed by atoms with E-state index in [1.165, 1.54) is 16.2 Å². The van der Waals surface area contributed by atoms with E-state index in [1.54, 1.807) is 19.1 Å². The molecule has 0 saturated carbocycles. The normalized spacial score (nSPS) is 16.2. The Morgan fingerprint density at radius 3 is 2.47 bits per heavy atom. The second-order valence-electron chi connectivity index (χ2n) is 7.89. The highest BCUT2D eigenvalue weighted by Crippen LogP contribution is 2.43. The van der Waals surface area contributed by atoms with Gasteiger partial charge in [0.25, 0.3) is 5.91 Å². The number of ether oxygens (including phenoxy) is 1. The second-order valence-corrected chi connectivity index (χ2v) is 9.09. The quantitative estimate of drug-likeness (QED) is 0.516. The molecular weight excluding hydrogens is 424 g/mol. The number of thiazole rings is 1. The fourth-order valence-electron chi connectivity index (χ4n) is 3.90. The highest BCUT2D eigenvalue weighted by molar-refractivity contribution is 7.14. The van der Waals surface area contributed by atoms with Gasteiger partial charge in [-0.15, -0.1) is 11.3 Å². The minimum Gasteiger partial charge on any atom is -0.503 e. The lowest BCUT2D eigenvalue weighted by Crippen LogP contribution is -2.31. The highest BCUT2D eigenvalue weighted by Gasteiger charge is 2.45. The van der Waals surface area contributed by atoms with Crippen molar-refractivity contribution in [2.75, 3.05) is 4.90 Å². The van der Waals surface area contributed by atoms with Gasteiger partial charge >= 0.3 is 0 Å². The Morgan fingerprint density at radius 1 is 1.12 bits per heavy atom. The fraction of sp³-hybridized carbons (Fsp3) is 0.240. The molecule has 1 aliphatic rings. The Morgan fingerprint density at radius 2 is 1.84 bits per heavy atom. The van der Waals surface area contributed by atoms with Crippen LogP contribution in [0.2, 0.25) is 0 Å². The molecule has 164 valence electrons. The second kappa shape index (κ2) is 8.59. The lowest BCUT2D eigenvalue weighted by molar-refractivity contribution is -0.117. The smallest absolute Gasteiger partial charge is 0.294 e. The van der Waals surface area contributed by atoms with Gasteiger partial charge in [0.2, 0.25) is 5.78 Å². The fourth-order valence-corrected chi connectivity index (χ4v) is 4.78. The van der Waals surface area contributed by atoms with Crippen LogP contribution in [0.1, 0.15) is 45.8 Å². The maximum atomic E-state index is 13.6. The molecule has 1 aliphatic heterocycles. The number of para-hydroxylation sites is 1. The van der Waals surface area contributed by atoms with E-state index >= 15 is 0 Å². The number of carbonyl (C=O) groups excluding carboxylic acids is 2. The van der Waals surface area contributed by atoms with Gasteiger partial charge in [-0.3, -0.25) is 14.5 Å². The first kappa shape index (κ1) is 21.8. The standard InChI is InChI=1S/C25H24N2O4S/c1-14(2)31-19-12-8-9-17(13-19)21-20(22(28)24-15(3)26-16(4)32-24)23(29)25(30)27(21)18-10-6-5-7-11-18/h5-14,21,29H,1-4H3. The largest absolute Gasteiger partial charge is 0.503 e. The number of hydrogen-bond acceptors (Lipinski definition) is 6. The number of carbonyl (C=O) groups is 2.